The molecule has 6 nitrogen and oxygen atoms in total. The van der Waals surface area contributed by atoms with Gasteiger partial charge in [0.25, 0.3) is 5.91 Å². The predicted molar refractivity (Wildman–Crippen MR) is 71.0 cm³/mol. The van der Waals surface area contributed by atoms with E-state index in [1.807, 2.05) is 6.92 Å². The lowest BCUT2D eigenvalue weighted by Gasteiger charge is -2.22. The van der Waals surface area contributed by atoms with Crippen LogP contribution in [0.1, 0.15) is 28.7 Å². The zero-order valence-corrected chi connectivity index (χ0v) is 11.7. The quantitative estimate of drug-likeness (QED) is 0.775. The third kappa shape index (κ3) is 4.25. The van der Waals surface area contributed by atoms with Crippen LogP contribution in [-0.4, -0.2) is 59.5 Å². The molecular weight excluding hydrogens is 246 g/mol. The normalized spacial score (nSPS) is 10.5. The Balaban J connectivity index is 2.97. The molecule has 0 saturated carbocycles. The van der Waals surface area contributed by atoms with Gasteiger partial charge in [-0.2, -0.15) is 10.2 Å². The van der Waals surface area contributed by atoms with Crippen molar-refractivity contribution >= 4 is 5.91 Å². The van der Waals surface area contributed by atoms with Crippen LogP contribution in [0.2, 0.25) is 0 Å². The molecule has 6 heteroatoms. The molecule has 1 amide bonds. The van der Waals surface area contributed by atoms with Crippen LogP contribution in [0, 0.1) is 6.92 Å². The SMILES string of the molecule is CCc1nnc(C)cc1C(=O)N(CCO)CCOC. The average molecular weight is 267 g/mol. The fourth-order valence-corrected chi connectivity index (χ4v) is 1.77. The van der Waals surface area contributed by atoms with Crippen LogP contribution in [0.25, 0.3) is 0 Å². The lowest BCUT2D eigenvalue weighted by atomic mass is 10.1. The first kappa shape index (κ1) is 15.5. The van der Waals surface area contributed by atoms with Crippen molar-refractivity contribution in [2.75, 3.05) is 33.4 Å². The second-order valence-electron chi connectivity index (χ2n) is 4.21. The van der Waals surface area contributed by atoms with E-state index in [1.165, 1.54) is 0 Å². The Bertz CT molecular complexity index is 424. The number of ether oxygens (including phenoxy) is 1. The zero-order chi connectivity index (χ0) is 14.3. The monoisotopic (exact) mass is 267 g/mol. The van der Waals surface area contributed by atoms with Crippen molar-refractivity contribution < 1.29 is 14.6 Å². The zero-order valence-electron chi connectivity index (χ0n) is 11.7. The number of aliphatic hydroxyl groups is 1. The van der Waals surface area contributed by atoms with Crippen LogP contribution in [0.5, 0.6) is 0 Å². The minimum Gasteiger partial charge on any atom is -0.395 e. The van der Waals surface area contributed by atoms with Crippen LogP contribution in [0.15, 0.2) is 6.07 Å². The van der Waals surface area contributed by atoms with Gasteiger partial charge in [-0.1, -0.05) is 6.92 Å². The number of amides is 1. The van der Waals surface area contributed by atoms with Gasteiger partial charge < -0.3 is 14.7 Å². The molecule has 106 valence electrons. The highest BCUT2D eigenvalue weighted by Gasteiger charge is 2.19. The number of aryl methyl sites for hydroxylation is 2. The molecule has 1 rings (SSSR count). The summed E-state index contributed by atoms with van der Waals surface area (Å²) >= 11 is 0. The molecule has 0 bridgehead atoms. The lowest BCUT2D eigenvalue weighted by molar-refractivity contribution is 0.0654. The van der Waals surface area contributed by atoms with Gasteiger partial charge in [-0.25, -0.2) is 0 Å². The number of rotatable bonds is 7. The summed E-state index contributed by atoms with van der Waals surface area (Å²) < 4.78 is 4.98. The second-order valence-corrected chi connectivity index (χ2v) is 4.21. The van der Waals surface area contributed by atoms with Crippen LogP contribution in [0.4, 0.5) is 0 Å². The van der Waals surface area contributed by atoms with Gasteiger partial charge in [0.1, 0.15) is 0 Å². The van der Waals surface area contributed by atoms with Gasteiger partial charge in [0, 0.05) is 20.2 Å². The number of aliphatic hydroxyl groups excluding tert-OH is 1. The van der Waals surface area contributed by atoms with Crippen LogP contribution < -0.4 is 0 Å². The van der Waals surface area contributed by atoms with Crippen molar-refractivity contribution in [2.24, 2.45) is 0 Å². The van der Waals surface area contributed by atoms with E-state index in [4.69, 9.17) is 9.84 Å². The Labute approximate surface area is 113 Å². The van der Waals surface area contributed by atoms with E-state index in [2.05, 4.69) is 10.2 Å². The molecule has 0 aromatic carbocycles. The van der Waals surface area contributed by atoms with Crippen LogP contribution >= 0.6 is 0 Å². The Morgan fingerprint density at radius 2 is 2.16 bits per heavy atom. The third-order valence-corrected chi connectivity index (χ3v) is 2.78. The highest BCUT2D eigenvalue weighted by molar-refractivity contribution is 5.95. The van der Waals surface area contributed by atoms with Gasteiger partial charge in [0.05, 0.1) is 30.2 Å². The number of methoxy groups -OCH3 is 1. The Morgan fingerprint density at radius 1 is 1.42 bits per heavy atom. The summed E-state index contributed by atoms with van der Waals surface area (Å²) in [6, 6.07) is 1.74. The molecule has 0 spiro atoms. The maximum absolute atomic E-state index is 12.5. The molecule has 0 aliphatic carbocycles. The molecule has 0 aliphatic heterocycles. The maximum atomic E-state index is 12.5. The van der Waals surface area contributed by atoms with Crippen LogP contribution in [-0.2, 0) is 11.2 Å². The fraction of sp³-hybridized carbons (Fsp3) is 0.615. The largest absolute Gasteiger partial charge is 0.395 e. The van der Waals surface area contributed by atoms with Gasteiger partial charge in [0.15, 0.2) is 0 Å². The van der Waals surface area contributed by atoms with E-state index in [9.17, 15) is 4.79 Å². The highest BCUT2D eigenvalue weighted by Crippen LogP contribution is 2.11. The predicted octanol–water partition coefficient (Wildman–Crippen LogP) is 0.428. The molecular formula is C13H21N3O3. The first-order valence-corrected chi connectivity index (χ1v) is 6.36. The lowest BCUT2D eigenvalue weighted by Crippen LogP contribution is -2.37. The average Bonchev–Trinajstić information content (AvgIpc) is 2.42. The van der Waals surface area contributed by atoms with Gasteiger partial charge >= 0.3 is 0 Å². The summed E-state index contributed by atoms with van der Waals surface area (Å²) in [5.74, 6) is -0.138. The maximum Gasteiger partial charge on any atom is 0.256 e. The fourth-order valence-electron chi connectivity index (χ4n) is 1.77. The van der Waals surface area contributed by atoms with Crippen LogP contribution in [0.3, 0.4) is 0 Å². The van der Waals surface area contributed by atoms with E-state index in [1.54, 1.807) is 25.0 Å². The van der Waals surface area contributed by atoms with E-state index in [-0.39, 0.29) is 19.1 Å². The Kier molecular flexibility index (Phi) is 6.38. The molecule has 0 aliphatic rings. The van der Waals surface area contributed by atoms with Crippen molar-refractivity contribution in [1.82, 2.24) is 15.1 Å². The van der Waals surface area contributed by atoms with Gasteiger partial charge in [-0.05, 0) is 19.4 Å². The summed E-state index contributed by atoms with van der Waals surface area (Å²) in [5.41, 5.74) is 1.94. The Morgan fingerprint density at radius 3 is 2.74 bits per heavy atom. The van der Waals surface area contributed by atoms with Gasteiger partial charge in [0.2, 0.25) is 0 Å². The van der Waals surface area contributed by atoms with E-state index < -0.39 is 0 Å². The smallest absolute Gasteiger partial charge is 0.256 e. The van der Waals surface area contributed by atoms with Crippen molar-refractivity contribution in [3.63, 3.8) is 0 Å². The van der Waals surface area contributed by atoms with Gasteiger partial charge in [-0.3, -0.25) is 4.79 Å². The molecule has 0 saturated heterocycles. The summed E-state index contributed by atoms with van der Waals surface area (Å²) in [5, 5.41) is 17.1. The summed E-state index contributed by atoms with van der Waals surface area (Å²) in [6.07, 6.45) is 0.644. The van der Waals surface area contributed by atoms with E-state index in [0.717, 1.165) is 0 Å². The van der Waals surface area contributed by atoms with Crippen molar-refractivity contribution in [1.29, 1.82) is 0 Å². The molecule has 1 aromatic heterocycles. The van der Waals surface area contributed by atoms with Crippen molar-refractivity contribution in [3.8, 4) is 0 Å². The highest BCUT2D eigenvalue weighted by atomic mass is 16.5. The number of aromatic nitrogens is 2. The first-order valence-electron chi connectivity index (χ1n) is 6.36. The van der Waals surface area contributed by atoms with Crippen molar-refractivity contribution in [3.05, 3.63) is 23.0 Å². The van der Waals surface area contributed by atoms with E-state index in [0.29, 0.717) is 36.5 Å². The number of hydrogen-bond acceptors (Lipinski definition) is 5. The molecule has 0 radical (unpaired) electrons. The number of nitrogens with zero attached hydrogens (tertiary/aromatic N) is 3. The second kappa shape index (κ2) is 7.81. The molecule has 1 N–H and O–H groups in total. The minimum absolute atomic E-state index is 0.0750. The summed E-state index contributed by atoms with van der Waals surface area (Å²) in [4.78, 5) is 14.0. The minimum atomic E-state index is -0.138. The van der Waals surface area contributed by atoms with Crippen molar-refractivity contribution in [2.45, 2.75) is 20.3 Å². The first-order chi connectivity index (χ1) is 9.13. The Hall–Kier alpha value is -1.53. The molecule has 19 heavy (non-hydrogen) atoms. The third-order valence-electron chi connectivity index (χ3n) is 2.78. The standard InChI is InChI=1S/C13H21N3O3/c1-4-12-11(9-10(2)14-15-12)13(18)16(5-7-17)6-8-19-3/h9,17H,4-8H2,1-3H3. The summed E-state index contributed by atoms with van der Waals surface area (Å²) in [7, 11) is 1.58. The van der Waals surface area contributed by atoms with Gasteiger partial charge in [-0.15, -0.1) is 0 Å². The van der Waals surface area contributed by atoms with E-state index >= 15 is 0 Å². The number of carbonyl (C=O) groups excluding carboxylic acids is 1. The number of hydrogen-bond donors (Lipinski definition) is 1. The molecule has 0 unspecified atom stereocenters. The summed E-state index contributed by atoms with van der Waals surface area (Å²) in [6.45, 7) is 4.82. The molecule has 0 atom stereocenters. The molecule has 1 aromatic rings. The molecule has 1 heterocycles. The topological polar surface area (TPSA) is 75.6 Å². The number of carbonyl (C=O) groups is 1. The molecule has 0 fully saturated rings.